The number of nitrogens with zero attached hydrogens (tertiary/aromatic N) is 1. The monoisotopic (exact) mass is 360 g/mol. The molecule has 5 nitrogen and oxygen atoms in total. The standard InChI is InChI=1S/C18H17FN2O3S/c19-15-5-1-2-6-16(15)25(23,24)20-14-10-12-4-3-9-21-17(22)8-7-13(11-14)18(12)21/h1-2,5-6,10-11,20H,3-4,7-9H2. The number of hydrogen-bond donors (Lipinski definition) is 1. The van der Waals surface area contributed by atoms with E-state index in [2.05, 4.69) is 4.72 Å². The number of carbonyl (C=O) groups is 1. The van der Waals surface area contributed by atoms with Crippen molar-refractivity contribution in [2.45, 2.75) is 30.6 Å². The largest absolute Gasteiger partial charge is 0.312 e. The molecule has 0 radical (unpaired) electrons. The van der Waals surface area contributed by atoms with Gasteiger partial charge in [0.25, 0.3) is 10.0 Å². The van der Waals surface area contributed by atoms with E-state index in [0.717, 1.165) is 35.7 Å². The Balaban J connectivity index is 1.74. The van der Waals surface area contributed by atoms with Gasteiger partial charge in [-0.3, -0.25) is 9.52 Å². The van der Waals surface area contributed by atoms with E-state index in [9.17, 15) is 17.6 Å². The summed E-state index contributed by atoms with van der Waals surface area (Å²) in [6.45, 7) is 0.707. The Kier molecular flexibility index (Phi) is 3.76. The molecule has 7 heteroatoms. The van der Waals surface area contributed by atoms with E-state index in [4.69, 9.17) is 0 Å². The van der Waals surface area contributed by atoms with Gasteiger partial charge in [0.2, 0.25) is 5.91 Å². The van der Waals surface area contributed by atoms with Crippen molar-refractivity contribution >= 4 is 27.3 Å². The molecule has 4 rings (SSSR count). The smallest absolute Gasteiger partial charge is 0.264 e. The van der Waals surface area contributed by atoms with Crippen molar-refractivity contribution in [3.8, 4) is 0 Å². The summed E-state index contributed by atoms with van der Waals surface area (Å²) in [5, 5.41) is 0. The Hall–Kier alpha value is -2.41. The summed E-state index contributed by atoms with van der Waals surface area (Å²) in [7, 11) is -4.01. The van der Waals surface area contributed by atoms with E-state index in [1.807, 2.05) is 0 Å². The Morgan fingerprint density at radius 3 is 2.52 bits per heavy atom. The number of anilines is 2. The molecular weight excluding hydrogens is 343 g/mol. The number of carbonyl (C=O) groups excluding carboxylic acids is 1. The van der Waals surface area contributed by atoms with Crippen LogP contribution in [-0.4, -0.2) is 20.9 Å². The minimum atomic E-state index is -4.01. The third kappa shape index (κ3) is 2.78. The van der Waals surface area contributed by atoms with Crippen LogP contribution in [-0.2, 0) is 27.7 Å². The van der Waals surface area contributed by atoms with Crippen LogP contribution in [0.4, 0.5) is 15.8 Å². The van der Waals surface area contributed by atoms with Crippen LogP contribution in [0.2, 0.25) is 0 Å². The van der Waals surface area contributed by atoms with Crippen LogP contribution in [0, 0.1) is 5.82 Å². The molecular formula is C18H17FN2O3S. The molecule has 0 unspecified atom stereocenters. The van der Waals surface area contributed by atoms with Crippen LogP contribution < -0.4 is 9.62 Å². The summed E-state index contributed by atoms with van der Waals surface area (Å²) < 4.78 is 41.3. The molecule has 0 atom stereocenters. The maximum absolute atomic E-state index is 13.8. The van der Waals surface area contributed by atoms with Gasteiger partial charge in [-0.25, -0.2) is 12.8 Å². The van der Waals surface area contributed by atoms with Crippen molar-refractivity contribution in [1.29, 1.82) is 0 Å². The van der Waals surface area contributed by atoms with E-state index in [0.29, 0.717) is 25.1 Å². The number of hydrogen-bond acceptors (Lipinski definition) is 3. The van der Waals surface area contributed by atoms with Gasteiger partial charge >= 0.3 is 0 Å². The van der Waals surface area contributed by atoms with Gasteiger partial charge < -0.3 is 4.90 Å². The van der Waals surface area contributed by atoms with Crippen LogP contribution in [0.1, 0.15) is 24.0 Å². The Morgan fingerprint density at radius 2 is 1.76 bits per heavy atom. The van der Waals surface area contributed by atoms with Gasteiger partial charge in [0, 0.05) is 18.7 Å². The highest BCUT2D eigenvalue weighted by atomic mass is 32.2. The second kappa shape index (κ2) is 5.84. The van der Waals surface area contributed by atoms with Crippen LogP contribution in [0.15, 0.2) is 41.3 Å². The zero-order valence-corrected chi connectivity index (χ0v) is 14.3. The minimum absolute atomic E-state index is 0.119. The van der Waals surface area contributed by atoms with Crippen molar-refractivity contribution in [3.05, 3.63) is 53.3 Å². The van der Waals surface area contributed by atoms with Crippen LogP contribution in [0.3, 0.4) is 0 Å². The fourth-order valence-electron chi connectivity index (χ4n) is 3.58. The second-order valence-electron chi connectivity index (χ2n) is 6.33. The molecule has 0 saturated carbocycles. The first kappa shape index (κ1) is 16.1. The lowest BCUT2D eigenvalue weighted by molar-refractivity contribution is -0.119. The molecule has 0 bridgehead atoms. The Labute approximate surface area is 145 Å². The van der Waals surface area contributed by atoms with Gasteiger partial charge in [-0.05, 0) is 54.7 Å². The summed E-state index contributed by atoms with van der Waals surface area (Å²) in [6.07, 6.45) is 2.66. The highest BCUT2D eigenvalue weighted by molar-refractivity contribution is 7.92. The van der Waals surface area contributed by atoms with Crippen molar-refractivity contribution in [2.75, 3.05) is 16.2 Å². The highest BCUT2D eigenvalue weighted by Crippen LogP contribution is 2.38. The number of nitrogens with one attached hydrogen (secondary N) is 1. The van der Waals surface area contributed by atoms with E-state index in [1.54, 1.807) is 17.0 Å². The molecule has 0 aliphatic carbocycles. The first-order valence-electron chi connectivity index (χ1n) is 8.19. The first-order chi connectivity index (χ1) is 12.0. The zero-order chi connectivity index (χ0) is 17.6. The lowest BCUT2D eigenvalue weighted by Gasteiger charge is -2.35. The molecule has 2 aromatic rings. The van der Waals surface area contributed by atoms with Crippen molar-refractivity contribution in [1.82, 2.24) is 0 Å². The van der Waals surface area contributed by atoms with E-state index in [1.165, 1.54) is 18.2 Å². The van der Waals surface area contributed by atoms with Gasteiger partial charge in [0.15, 0.2) is 0 Å². The van der Waals surface area contributed by atoms with E-state index in [-0.39, 0.29) is 10.8 Å². The molecule has 2 aliphatic heterocycles. The third-order valence-electron chi connectivity index (χ3n) is 4.65. The molecule has 0 spiro atoms. The molecule has 2 heterocycles. The molecule has 2 aliphatic rings. The van der Waals surface area contributed by atoms with Gasteiger partial charge in [-0.2, -0.15) is 0 Å². The molecule has 0 fully saturated rings. The SMILES string of the molecule is O=C1CCc2cc(NS(=O)(=O)c3ccccc3F)cc3c2N1CCC3. The summed E-state index contributed by atoms with van der Waals surface area (Å²) in [4.78, 5) is 13.5. The minimum Gasteiger partial charge on any atom is -0.312 e. The molecule has 1 amide bonds. The Bertz CT molecular complexity index is 955. The lowest BCUT2D eigenvalue weighted by atomic mass is 9.91. The number of aryl methyl sites for hydroxylation is 2. The van der Waals surface area contributed by atoms with Gasteiger partial charge in [0.1, 0.15) is 10.7 Å². The highest BCUT2D eigenvalue weighted by Gasteiger charge is 2.30. The predicted octanol–water partition coefficient (Wildman–Crippen LogP) is 2.85. The summed E-state index contributed by atoms with van der Waals surface area (Å²) >= 11 is 0. The predicted molar refractivity (Wildman–Crippen MR) is 92.6 cm³/mol. The fraction of sp³-hybridized carbons (Fsp3) is 0.278. The summed E-state index contributed by atoms with van der Waals surface area (Å²) in [5.41, 5.74) is 3.26. The Morgan fingerprint density at radius 1 is 1.04 bits per heavy atom. The number of rotatable bonds is 3. The normalized spacial score (nSPS) is 16.5. The number of sulfonamides is 1. The molecule has 130 valence electrons. The molecule has 25 heavy (non-hydrogen) atoms. The van der Waals surface area contributed by atoms with Crippen LogP contribution >= 0.6 is 0 Å². The second-order valence-corrected chi connectivity index (χ2v) is 7.98. The molecule has 0 aromatic heterocycles. The fourth-order valence-corrected chi connectivity index (χ4v) is 4.71. The number of amides is 1. The lowest BCUT2D eigenvalue weighted by Crippen LogP contribution is -2.39. The van der Waals surface area contributed by atoms with Crippen molar-refractivity contribution < 1.29 is 17.6 Å². The third-order valence-corrected chi connectivity index (χ3v) is 6.07. The maximum atomic E-state index is 13.8. The van der Waals surface area contributed by atoms with E-state index >= 15 is 0 Å². The van der Waals surface area contributed by atoms with Gasteiger partial charge in [-0.1, -0.05) is 12.1 Å². The average molecular weight is 360 g/mol. The van der Waals surface area contributed by atoms with Gasteiger partial charge in [0.05, 0.1) is 5.69 Å². The zero-order valence-electron chi connectivity index (χ0n) is 13.5. The topological polar surface area (TPSA) is 66.5 Å². The summed E-state index contributed by atoms with van der Waals surface area (Å²) in [6, 6.07) is 8.79. The molecule has 2 aromatic carbocycles. The van der Waals surface area contributed by atoms with Crippen LogP contribution in [0.25, 0.3) is 0 Å². The van der Waals surface area contributed by atoms with Crippen molar-refractivity contribution in [3.63, 3.8) is 0 Å². The first-order valence-corrected chi connectivity index (χ1v) is 9.67. The van der Waals surface area contributed by atoms with Gasteiger partial charge in [-0.15, -0.1) is 0 Å². The van der Waals surface area contributed by atoms with Crippen LogP contribution in [0.5, 0.6) is 0 Å². The average Bonchev–Trinajstić information content (AvgIpc) is 2.58. The quantitative estimate of drug-likeness (QED) is 0.915. The maximum Gasteiger partial charge on any atom is 0.264 e. The number of benzene rings is 2. The van der Waals surface area contributed by atoms with E-state index < -0.39 is 15.8 Å². The summed E-state index contributed by atoms with van der Waals surface area (Å²) in [5.74, 6) is -0.667. The number of halogens is 1. The molecule has 0 saturated heterocycles. The molecule has 1 N–H and O–H groups in total. The van der Waals surface area contributed by atoms with Crippen molar-refractivity contribution in [2.24, 2.45) is 0 Å².